The van der Waals surface area contributed by atoms with E-state index in [1.807, 2.05) is 23.9 Å². The van der Waals surface area contributed by atoms with Crippen molar-refractivity contribution >= 4 is 46.6 Å². The minimum absolute atomic E-state index is 0.209. The van der Waals surface area contributed by atoms with Crippen LogP contribution < -0.4 is 19.9 Å². The van der Waals surface area contributed by atoms with Gasteiger partial charge in [-0.25, -0.2) is 4.98 Å². The van der Waals surface area contributed by atoms with Crippen LogP contribution in [0.1, 0.15) is 0 Å². The van der Waals surface area contributed by atoms with Gasteiger partial charge in [0.25, 0.3) is 5.91 Å². The summed E-state index contributed by atoms with van der Waals surface area (Å²) in [6, 6.07) is 4.81. The van der Waals surface area contributed by atoms with Crippen LogP contribution in [-0.4, -0.2) is 62.9 Å². The van der Waals surface area contributed by atoms with Gasteiger partial charge < -0.3 is 24.6 Å². The molecular formula is C18H21Cl2N5O3. The number of anilines is 3. The van der Waals surface area contributed by atoms with Crippen LogP contribution in [0.4, 0.5) is 17.5 Å². The summed E-state index contributed by atoms with van der Waals surface area (Å²) < 4.78 is 10.8. The Morgan fingerprint density at radius 1 is 1.32 bits per heavy atom. The molecule has 1 aliphatic rings. The number of nitrogens with one attached hydrogen (secondary N) is 1. The van der Waals surface area contributed by atoms with Gasteiger partial charge in [-0.1, -0.05) is 23.2 Å². The molecule has 0 bridgehead atoms. The normalized spacial score (nSPS) is 13.9. The van der Waals surface area contributed by atoms with Crippen molar-refractivity contribution in [2.45, 2.75) is 0 Å². The third-order valence-electron chi connectivity index (χ3n) is 4.00. The standard InChI is InChI=1S/C18H21Cl2N5O3/c1-24(2)17-14(10-21-18(23-17)25-5-7-27-8-6-25)22-16(26)11-28-15-4-3-12(19)9-13(15)20/h3-4,9-10H,5-8,11H2,1-2H3,(H,22,26). The van der Waals surface area contributed by atoms with Crippen molar-refractivity contribution in [3.8, 4) is 5.75 Å². The van der Waals surface area contributed by atoms with Gasteiger partial charge in [0.1, 0.15) is 11.4 Å². The quantitative estimate of drug-likeness (QED) is 0.761. The molecular weight excluding hydrogens is 405 g/mol. The summed E-state index contributed by atoms with van der Waals surface area (Å²) in [5.41, 5.74) is 0.498. The van der Waals surface area contributed by atoms with Crippen LogP contribution >= 0.6 is 23.2 Å². The molecule has 28 heavy (non-hydrogen) atoms. The predicted octanol–water partition coefficient (Wildman–Crippen LogP) is 2.70. The molecule has 1 aromatic heterocycles. The first kappa shape index (κ1) is 20.4. The number of hydrogen-bond donors (Lipinski definition) is 1. The van der Waals surface area contributed by atoms with Crippen molar-refractivity contribution in [1.82, 2.24) is 9.97 Å². The third-order valence-corrected chi connectivity index (χ3v) is 4.53. The number of rotatable bonds is 6. The molecule has 8 nitrogen and oxygen atoms in total. The number of halogens is 2. The fourth-order valence-electron chi connectivity index (χ4n) is 2.63. The van der Waals surface area contributed by atoms with Crippen molar-refractivity contribution < 1.29 is 14.3 Å². The zero-order chi connectivity index (χ0) is 20.1. The Balaban J connectivity index is 1.67. The van der Waals surface area contributed by atoms with E-state index in [0.29, 0.717) is 46.5 Å². The van der Waals surface area contributed by atoms with E-state index in [4.69, 9.17) is 32.7 Å². The van der Waals surface area contributed by atoms with Gasteiger partial charge in [-0.2, -0.15) is 4.98 Å². The maximum absolute atomic E-state index is 12.3. The fraction of sp³-hybridized carbons (Fsp3) is 0.389. The van der Waals surface area contributed by atoms with E-state index in [0.717, 1.165) is 13.1 Å². The van der Waals surface area contributed by atoms with Gasteiger partial charge in [0.2, 0.25) is 5.95 Å². The smallest absolute Gasteiger partial charge is 0.262 e. The lowest BCUT2D eigenvalue weighted by molar-refractivity contribution is -0.118. The largest absolute Gasteiger partial charge is 0.482 e. The van der Waals surface area contributed by atoms with Gasteiger partial charge in [-0.15, -0.1) is 0 Å². The molecule has 0 unspecified atom stereocenters. The number of aromatic nitrogens is 2. The highest BCUT2D eigenvalue weighted by Gasteiger charge is 2.18. The minimum atomic E-state index is -0.350. The van der Waals surface area contributed by atoms with Gasteiger partial charge in [0.05, 0.1) is 24.4 Å². The van der Waals surface area contributed by atoms with E-state index in [1.54, 1.807) is 24.4 Å². The predicted molar refractivity (Wildman–Crippen MR) is 110 cm³/mol. The molecule has 1 aromatic carbocycles. The third kappa shape index (κ3) is 5.15. The maximum Gasteiger partial charge on any atom is 0.262 e. The van der Waals surface area contributed by atoms with E-state index in [-0.39, 0.29) is 12.5 Å². The summed E-state index contributed by atoms with van der Waals surface area (Å²) in [7, 11) is 3.70. The van der Waals surface area contributed by atoms with E-state index in [1.165, 1.54) is 0 Å². The molecule has 1 aliphatic heterocycles. The summed E-state index contributed by atoms with van der Waals surface area (Å²) in [6.45, 7) is 2.54. The molecule has 0 atom stereocenters. The lowest BCUT2D eigenvalue weighted by Gasteiger charge is -2.28. The molecule has 1 saturated heterocycles. The fourth-order valence-corrected chi connectivity index (χ4v) is 3.09. The molecule has 3 rings (SSSR count). The second-order valence-electron chi connectivity index (χ2n) is 6.31. The van der Waals surface area contributed by atoms with Crippen molar-refractivity contribution in [1.29, 1.82) is 0 Å². The molecule has 0 spiro atoms. The number of hydrogen-bond acceptors (Lipinski definition) is 7. The highest BCUT2D eigenvalue weighted by Crippen LogP contribution is 2.28. The van der Waals surface area contributed by atoms with Crippen molar-refractivity contribution in [3.63, 3.8) is 0 Å². The summed E-state index contributed by atoms with van der Waals surface area (Å²) in [5, 5.41) is 3.62. The zero-order valence-corrected chi connectivity index (χ0v) is 17.1. The number of nitrogens with zero attached hydrogens (tertiary/aromatic N) is 4. The van der Waals surface area contributed by atoms with E-state index in [9.17, 15) is 4.79 Å². The van der Waals surface area contributed by atoms with Gasteiger partial charge in [-0.3, -0.25) is 4.79 Å². The molecule has 1 N–H and O–H groups in total. The van der Waals surface area contributed by atoms with Crippen molar-refractivity contribution in [3.05, 3.63) is 34.4 Å². The van der Waals surface area contributed by atoms with Crippen LogP contribution in [0.3, 0.4) is 0 Å². The Bertz CT molecular complexity index is 844. The van der Waals surface area contributed by atoms with Gasteiger partial charge in [-0.05, 0) is 18.2 Å². The zero-order valence-electron chi connectivity index (χ0n) is 15.6. The molecule has 150 valence electrons. The van der Waals surface area contributed by atoms with Gasteiger partial charge >= 0.3 is 0 Å². The summed E-state index contributed by atoms with van der Waals surface area (Å²) in [4.78, 5) is 25.2. The number of carbonyl (C=O) groups is 1. The van der Waals surface area contributed by atoms with Gasteiger partial charge in [0.15, 0.2) is 12.4 Å². The van der Waals surface area contributed by atoms with Crippen LogP contribution in [0.5, 0.6) is 5.75 Å². The van der Waals surface area contributed by atoms with Crippen LogP contribution in [-0.2, 0) is 9.53 Å². The highest BCUT2D eigenvalue weighted by molar-refractivity contribution is 6.35. The first-order valence-electron chi connectivity index (χ1n) is 8.69. The first-order valence-corrected chi connectivity index (χ1v) is 9.44. The van der Waals surface area contributed by atoms with Crippen LogP contribution in [0, 0.1) is 0 Å². The molecule has 2 heterocycles. The number of benzene rings is 1. The Hall–Kier alpha value is -2.29. The molecule has 0 aliphatic carbocycles. The van der Waals surface area contributed by atoms with E-state index in [2.05, 4.69) is 15.3 Å². The molecule has 0 radical (unpaired) electrons. The average Bonchev–Trinajstić information content (AvgIpc) is 2.68. The van der Waals surface area contributed by atoms with Gasteiger partial charge in [0, 0.05) is 32.2 Å². The maximum atomic E-state index is 12.3. The second kappa shape index (κ2) is 9.27. The number of amides is 1. The number of ether oxygens (including phenoxy) is 2. The molecule has 0 saturated carbocycles. The van der Waals surface area contributed by atoms with Crippen molar-refractivity contribution in [2.24, 2.45) is 0 Å². The lowest BCUT2D eigenvalue weighted by Crippen LogP contribution is -2.37. The summed E-state index contributed by atoms with van der Waals surface area (Å²) in [5.74, 6) is 1.24. The minimum Gasteiger partial charge on any atom is -0.482 e. The average molecular weight is 426 g/mol. The van der Waals surface area contributed by atoms with E-state index < -0.39 is 0 Å². The van der Waals surface area contributed by atoms with Crippen LogP contribution in [0.25, 0.3) is 0 Å². The lowest BCUT2D eigenvalue weighted by atomic mass is 10.3. The number of carbonyl (C=O) groups excluding carboxylic acids is 1. The highest BCUT2D eigenvalue weighted by atomic mass is 35.5. The Kier molecular flexibility index (Phi) is 6.77. The first-order chi connectivity index (χ1) is 13.4. The second-order valence-corrected chi connectivity index (χ2v) is 7.16. The van der Waals surface area contributed by atoms with Crippen LogP contribution in [0.15, 0.2) is 24.4 Å². The summed E-state index contributed by atoms with van der Waals surface area (Å²) >= 11 is 11.9. The van der Waals surface area contributed by atoms with Crippen LogP contribution in [0.2, 0.25) is 10.0 Å². The Morgan fingerprint density at radius 2 is 2.07 bits per heavy atom. The topological polar surface area (TPSA) is 79.8 Å². The molecule has 1 amide bonds. The molecule has 1 fully saturated rings. The Labute approximate surface area is 173 Å². The SMILES string of the molecule is CN(C)c1nc(N2CCOCC2)ncc1NC(=O)COc1ccc(Cl)cc1Cl. The molecule has 10 heteroatoms. The Morgan fingerprint density at radius 3 is 2.75 bits per heavy atom. The monoisotopic (exact) mass is 425 g/mol. The van der Waals surface area contributed by atoms with Crippen molar-refractivity contribution in [2.75, 3.05) is 62.1 Å². The summed E-state index contributed by atoms with van der Waals surface area (Å²) in [6.07, 6.45) is 1.60. The number of morpholine rings is 1. The molecule has 2 aromatic rings. The van der Waals surface area contributed by atoms with E-state index >= 15 is 0 Å².